The minimum absolute atomic E-state index is 0.103. The zero-order valence-electron chi connectivity index (χ0n) is 12.0. The third-order valence-corrected chi connectivity index (χ3v) is 5.06. The molecule has 0 radical (unpaired) electrons. The van der Waals surface area contributed by atoms with E-state index in [4.69, 9.17) is 4.74 Å². The normalized spacial score (nSPS) is 33.1. The molecule has 0 aliphatic carbocycles. The second-order valence-corrected chi connectivity index (χ2v) is 5.95. The zero-order valence-corrected chi connectivity index (χ0v) is 12.0. The van der Waals surface area contributed by atoms with Gasteiger partial charge in [0.05, 0.1) is 13.0 Å². The van der Waals surface area contributed by atoms with Crippen molar-refractivity contribution in [1.29, 1.82) is 0 Å². The highest BCUT2D eigenvalue weighted by atomic mass is 16.5. The number of phenols is 1. The van der Waals surface area contributed by atoms with Crippen LogP contribution in [0.1, 0.15) is 30.7 Å². The molecule has 2 aliphatic rings. The van der Waals surface area contributed by atoms with Crippen LogP contribution in [0.5, 0.6) is 5.75 Å². The molecule has 1 N–H and O–H groups in total. The first-order valence-corrected chi connectivity index (χ1v) is 7.20. The molecule has 0 aromatic heterocycles. The van der Waals surface area contributed by atoms with Crippen LogP contribution in [0.2, 0.25) is 0 Å². The first-order chi connectivity index (χ1) is 9.61. The maximum atomic E-state index is 12.3. The number of hydrogen-bond donors (Lipinski definition) is 1. The highest BCUT2D eigenvalue weighted by molar-refractivity contribution is 5.75. The molecule has 0 spiro atoms. The number of carbonyl (C=O) groups is 1. The van der Waals surface area contributed by atoms with Gasteiger partial charge in [0.1, 0.15) is 5.75 Å². The van der Waals surface area contributed by atoms with E-state index in [0.717, 1.165) is 24.8 Å². The predicted molar refractivity (Wildman–Crippen MR) is 75.5 cm³/mol. The van der Waals surface area contributed by atoms with Crippen LogP contribution in [0, 0.1) is 5.92 Å². The summed E-state index contributed by atoms with van der Waals surface area (Å²) in [7, 11) is 3.59. The number of esters is 1. The maximum absolute atomic E-state index is 12.3. The molecule has 1 aromatic carbocycles. The fraction of sp³-hybridized carbons (Fsp3) is 0.562. The Labute approximate surface area is 119 Å². The minimum atomic E-state index is -0.111. The number of carbonyl (C=O) groups excluding carboxylic acids is 1. The van der Waals surface area contributed by atoms with Crippen LogP contribution < -0.4 is 0 Å². The highest BCUT2D eigenvalue weighted by Crippen LogP contribution is 2.46. The quantitative estimate of drug-likeness (QED) is 0.840. The van der Waals surface area contributed by atoms with Crippen LogP contribution in [0.25, 0.3) is 0 Å². The van der Waals surface area contributed by atoms with Crippen LogP contribution in [-0.2, 0) is 9.53 Å². The molecule has 1 aromatic rings. The Bertz CT molecular complexity index is 499. The van der Waals surface area contributed by atoms with E-state index in [2.05, 4.69) is 11.9 Å². The van der Waals surface area contributed by atoms with Crippen molar-refractivity contribution in [2.45, 2.75) is 37.3 Å². The summed E-state index contributed by atoms with van der Waals surface area (Å²) in [5.41, 5.74) is 1.13. The summed E-state index contributed by atoms with van der Waals surface area (Å²) < 4.78 is 5.05. The Morgan fingerprint density at radius 3 is 2.65 bits per heavy atom. The van der Waals surface area contributed by atoms with Gasteiger partial charge in [0.25, 0.3) is 0 Å². The van der Waals surface area contributed by atoms with E-state index in [1.165, 1.54) is 7.11 Å². The largest absolute Gasteiger partial charge is 0.508 e. The average Bonchev–Trinajstić information content (AvgIpc) is 2.70. The number of piperidine rings is 1. The molecule has 4 heteroatoms. The number of aromatic hydroxyl groups is 1. The van der Waals surface area contributed by atoms with Gasteiger partial charge < -0.3 is 9.84 Å². The summed E-state index contributed by atoms with van der Waals surface area (Å²) in [6, 6.07) is 8.09. The van der Waals surface area contributed by atoms with Crippen LogP contribution in [-0.4, -0.2) is 42.2 Å². The lowest BCUT2D eigenvalue weighted by Gasteiger charge is -2.41. The molecule has 108 valence electrons. The lowest BCUT2D eigenvalue weighted by atomic mass is 9.76. The Balaban J connectivity index is 1.95. The lowest BCUT2D eigenvalue weighted by Crippen LogP contribution is -2.49. The summed E-state index contributed by atoms with van der Waals surface area (Å²) in [4.78, 5) is 14.6. The number of ether oxygens (including phenoxy) is 1. The van der Waals surface area contributed by atoms with Crippen molar-refractivity contribution in [2.75, 3.05) is 14.2 Å². The second-order valence-electron chi connectivity index (χ2n) is 5.95. The first kappa shape index (κ1) is 13.4. The van der Waals surface area contributed by atoms with Gasteiger partial charge in [-0.3, -0.25) is 9.69 Å². The van der Waals surface area contributed by atoms with Crippen molar-refractivity contribution < 1.29 is 14.6 Å². The molecule has 3 rings (SSSR count). The predicted octanol–water partition coefficient (Wildman–Crippen LogP) is 2.13. The SMILES string of the molecule is COC(=O)C1C2CC[C@H](C[C@@H]1c1ccc(O)cc1)N2C. The molecule has 2 aliphatic heterocycles. The third-order valence-electron chi connectivity index (χ3n) is 5.06. The number of benzene rings is 1. The van der Waals surface area contributed by atoms with E-state index in [9.17, 15) is 9.90 Å². The second kappa shape index (κ2) is 5.09. The summed E-state index contributed by atoms with van der Waals surface area (Å²) in [6.45, 7) is 0. The smallest absolute Gasteiger partial charge is 0.310 e. The Kier molecular flexibility index (Phi) is 3.42. The topological polar surface area (TPSA) is 49.8 Å². The molecule has 2 fully saturated rings. The summed E-state index contributed by atoms with van der Waals surface area (Å²) in [5, 5.41) is 9.43. The average molecular weight is 275 g/mol. The van der Waals surface area contributed by atoms with E-state index in [1.807, 2.05) is 12.1 Å². The minimum Gasteiger partial charge on any atom is -0.508 e. The number of nitrogens with zero attached hydrogens (tertiary/aromatic N) is 1. The molecule has 0 amide bonds. The summed E-state index contributed by atoms with van der Waals surface area (Å²) in [6.07, 6.45) is 3.20. The van der Waals surface area contributed by atoms with E-state index in [0.29, 0.717) is 6.04 Å². The van der Waals surface area contributed by atoms with Gasteiger partial charge in [-0.2, -0.15) is 0 Å². The van der Waals surface area contributed by atoms with Crippen LogP contribution in [0.4, 0.5) is 0 Å². The highest BCUT2D eigenvalue weighted by Gasteiger charge is 2.49. The van der Waals surface area contributed by atoms with Gasteiger partial charge in [0, 0.05) is 18.0 Å². The zero-order chi connectivity index (χ0) is 14.3. The van der Waals surface area contributed by atoms with Crippen LogP contribution >= 0.6 is 0 Å². The van der Waals surface area contributed by atoms with E-state index < -0.39 is 0 Å². The van der Waals surface area contributed by atoms with Crippen molar-refractivity contribution in [3.63, 3.8) is 0 Å². The van der Waals surface area contributed by atoms with Crippen molar-refractivity contribution in [3.05, 3.63) is 29.8 Å². The van der Waals surface area contributed by atoms with Crippen LogP contribution in [0.3, 0.4) is 0 Å². The molecule has 4 nitrogen and oxygen atoms in total. The summed E-state index contributed by atoms with van der Waals surface area (Å²) in [5.74, 6) is 0.240. The molecular weight excluding hydrogens is 254 g/mol. The molecular formula is C16H21NO3. The van der Waals surface area contributed by atoms with Crippen molar-refractivity contribution in [1.82, 2.24) is 4.90 Å². The van der Waals surface area contributed by atoms with Crippen LogP contribution in [0.15, 0.2) is 24.3 Å². The van der Waals surface area contributed by atoms with Gasteiger partial charge in [-0.25, -0.2) is 0 Å². The molecule has 20 heavy (non-hydrogen) atoms. The number of phenolic OH excluding ortho intramolecular Hbond substituents is 1. The fourth-order valence-corrected chi connectivity index (χ4v) is 3.99. The van der Waals surface area contributed by atoms with Crippen molar-refractivity contribution in [2.24, 2.45) is 5.92 Å². The molecule has 2 heterocycles. The monoisotopic (exact) mass is 275 g/mol. The van der Waals surface area contributed by atoms with Crippen molar-refractivity contribution >= 4 is 5.97 Å². The molecule has 0 saturated carbocycles. The number of rotatable bonds is 2. The maximum Gasteiger partial charge on any atom is 0.310 e. The Morgan fingerprint density at radius 2 is 2.00 bits per heavy atom. The van der Waals surface area contributed by atoms with E-state index in [1.54, 1.807) is 12.1 Å². The molecule has 2 bridgehead atoms. The number of fused-ring (bicyclic) bond motifs is 2. The first-order valence-electron chi connectivity index (χ1n) is 7.20. The third kappa shape index (κ3) is 2.08. The lowest BCUT2D eigenvalue weighted by molar-refractivity contribution is -0.150. The van der Waals surface area contributed by atoms with Gasteiger partial charge in [0.2, 0.25) is 0 Å². The van der Waals surface area contributed by atoms with Gasteiger partial charge in [-0.05, 0) is 44.0 Å². The van der Waals surface area contributed by atoms with Crippen molar-refractivity contribution in [3.8, 4) is 5.75 Å². The van der Waals surface area contributed by atoms with Gasteiger partial charge in [0.15, 0.2) is 0 Å². The molecule has 2 saturated heterocycles. The summed E-state index contributed by atoms with van der Waals surface area (Å²) >= 11 is 0. The van der Waals surface area contributed by atoms with Gasteiger partial charge in [-0.15, -0.1) is 0 Å². The standard InChI is InChI=1S/C16H21NO3/c1-17-11-5-8-14(17)15(16(19)20-2)13(9-11)10-3-6-12(18)7-4-10/h3-4,6-7,11,13-15,18H,5,8-9H2,1-2H3/t11-,13-,14?,15?/m1/s1. The Morgan fingerprint density at radius 1 is 1.30 bits per heavy atom. The number of methoxy groups -OCH3 is 1. The van der Waals surface area contributed by atoms with Gasteiger partial charge in [-0.1, -0.05) is 12.1 Å². The van der Waals surface area contributed by atoms with E-state index >= 15 is 0 Å². The molecule has 2 unspecified atom stereocenters. The number of hydrogen-bond acceptors (Lipinski definition) is 4. The van der Waals surface area contributed by atoms with Gasteiger partial charge >= 0.3 is 5.97 Å². The fourth-order valence-electron chi connectivity index (χ4n) is 3.99. The Hall–Kier alpha value is -1.55. The molecule has 4 atom stereocenters. The van der Waals surface area contributed by atoms with E-state index in [-0.39, 0.29) is 29.6 Å².